The Hall–Kier alpha value is -1.98. The molecule has 6 heteroatoms. The highest BCUT2D eigenvalue weighted by molar-refractivity contribution is 6.31. The SMILES string of the molecule is CCOc1ccc(OCc2nc(NN)ccc2Cl)cc1. The lowest BCUT2D eigenvalue weighted by molar-refractivity contribution is 0.299. The molecule has 0 aliphatic heterocycles. The number of anilines is 1. The molecule has 106 valence electrons. The second-order valence-electron chi connectivity index (χ2n) is 3.96. The summed E-state index contributed by atoms with van der Waals surface area (Å²) in [4.78, 5) is 4.24. The van der Waals surface area contributed by atoms with E-state index in [-0.39, 0.29) is 6.61 Å². The molecule has 5 nitrogen and oxygen atoms in total. The Morgan fingerprint density at radius 3 is 2.35 bits per heavy atom. The Labute approximate surface area is 122 Å². The van der Waals surface area contributed by atoms with E-state index < -0.39 is 0 Å². The van der Waals surface area contributed by atoms with Crippen molar-refractivity contribution < 1.29 is 9.47 Å². The molecular formula is C14H16ClN3O2. The third kappa shape index (κ3) is 3.76. The Balaban J connectivity index is 2.01. The van der Waals surface area contributed by atoms with Crippen LogP contribution in [0.2, 0.25) is 5.02 Å². The molecule has 1 aromatic heterocycles. The fraction of sp³-hybridized carbons (Fsp3) is 0.214. The van der Waals surface area contributed by atoms with Gasteiger partial charge in [0.05, 0.1) is 17.3 Å². The van der Waals surface area contributed by atoms with Crippen molar-refractivity contribution >= 4 is 17.4 Å². The second-order valence-corrected chi connectivity index (χ2v) is 4.37. The van der Waals surface area contributed by atoms with Crippen LogP contribution in [0.15, 0.2) is 36.4 Å². The van der Waals surface area contributed by atoms with E-state index in [2.05, 4.69) is 10.4 Å². The zero-order valence-electron chi connectivity index (χ0n) is 11.1. The zero-order chi connectivity index (χ0) is 14.4. The lowest BCUT2D eigenvalue weighted by Gasteiger charge is -2.09. The summed E-state index contributed by atoms with van der Waals surface area (Å²) in [5.74, 6) is 7.38. The molecule has 2 rings (SSSR count). The van der Waals surface area contributed by atoms with Crippen molar-refractivity contribution in [3.8, 4) is 11.5 Å². The number of nitrogen functional groups attached to an aromatic ring is 1. The fourth-order valence-corrected chi connectivity index (χ4v) is 1.78. The Morgan fingerprint density at radius 1 is 1.10 bits per heavy atom. The Kier molecular flexibility index (Phi) is 5.03. The standard InChI is InChI=1S/C14H16ClN3O2/c1-2-19-10-3-5-11(6-4-10)20-9-13-12(15)7-8-14(17-13)18-16/h3-8H,2,9,16H2,1H3,(H,17,18). The lowest BCUT2D eigenvalue weighted by Crippen LogP contribution is -2.10. The van der Waals surface area contributed by atoms with Gasteiger partial charge in [0.2, 0.25) is 0 Å². The minimum Gasteiger partial charge on any atom is -0.494 e. The number of hydrogen-bond donors (Lipinski definition) is 2. The summed E-state index contributed by atoms with van der Waals surface area (Å²) in [7, 11) is 0. The second kappa shape index (κ2) is 6.98. The van der Waals surface area contributed by atoms with Gasteiger partial charge in [-0.15, -0.1) is 0 Å². The number of hydrogen-bond acceptors (Lipinski definition) is 5. The van der Waals surface area contributed by atoms with E-state index in [1.165, 1.54) is 0 Å². The van der Waals surface area contributed by atoms with Crippen LogP contribution in [0.4, 0.5) is 5.82 Å². The van der Waals surface area contributed by atoms with Crippen LogP contribution in [0.3, 0.4) is 0 Å². The molecule has 0 atom stereocenters. The van der Waals surface area contributed by atoms with Crippen molar-refractivity contribution in [2.45, 2.75) is 13.5 Å². The number of ether oxygens (including phenoxy) is 2. The number of halogens is 1. The van der Waals surface area contributed by atoms with Gasteiger partial charge in [-0.3, -0.25) is 0 Å². The molecule has 0 saturated heterocycles. The Morgan fingerprint density at radius 2 is 1.75 bits per heavy atom. The van der Waals surface area contributed by atoms with Crippen molar-refractivity contribution in [2.24, 2.45) is 5.84 Å². The highest BCUT2D eigenvalue weighted by atomic mass is 35.5. The van der Waals surface area contributed by atoms with Crippen molar-refractivity contribution in [3.63, 3.8) is 0 Å². The Bertz CT molecular complexity index is 561. The van der Waals surface area contributed by atoms with Crippen molar-refractivity contribution in [1.29, 1.82) is 0 Å². The molecule has 1 heterocycles. The molecule has 0 amide bonds. The number of aromatic nitrogens is 1. The molecule has 20 heavy (non-hydrogen) atoms. The molecular weight excluding hydrogens is 278 g/mol. The number of pyridine rings is 1. The van der Waals surface area contributed by atoms with Gasteiger partial charge in [0, 0.05) is 0 Å². The van der Waals surface area contributed by atoms with Crippen molar-refractivity contribution in [1.82, 2.24) is 4.98 Å². The summed E-state index contributed by atoms with van der Waals surface area (Å²) in [6.07, 6.45) is 0. The average molecular weight is 294 g/mol. The summed E-state index contributed by atoms with van der Waals surface area (Å²) in [6, 6.07) is 10.8. The summed E-state index contributed by atoms with van der Waals surface area (Å²) in [5.41, 5.74) is 3.09. The van der Waals surface area contributed by atoms with E-state index in [1.807, 2.05) is 31.2 Å². The smallest absolute Gasteiger partial charge is 0.140 e. The van der Waals surface area contributed by atoms with Gasteiger partial charge in [0.25, 0.3) is 0 Å². The van der Waals surface area contributed by atoms with Gasteiger partial charge in [-0.1, -0.05) is 11.6 Å². The van der Waals surface area contributed by atoms with Gasteiger partial charge >= 0.3 is 0 Å². The highest BCUT2D eigenvalue weighted by Gasteiger charge is 2.05. The first-order valence-corrected chi connectivity index (χ1v) is 6.58. The summed E-state index contributed by atoms with van der Waals surface area (Å²) in [6.45, 7) is 2.84. The molecule has 0 bridgehead atoms. The molecule has 0 aliphatic rings. The van der Waals surface area contributed by atoms with Crippen molar-refractivity contribution in [2.75, 3.05) is 12.0 Å². The number of nitrogens with zero attached hydrogens (tertiary/aromatic N) is 1. The van der Waals surface area contributed by atoms with Crippen LogP contribution < -0.4 is 20.7 Å². The van der Waals surface area contributed by atoms with E-state index in [0.717, 1.165) is 11.5 Å². The largest absolute Gasteiger partial charge is 0.494 e. The number of benzene rings is 1. The third-order valence-corrected chi connectivity index (χ3v) is 2.92. The van der Waals surface area contributed by atoms with E-state index in [0.29, 0.717) is 23.1 Å². The summed E-state index contributed by atoms with van der Waals surface area (Å²) in [5, 5.41) is 0.537. The van der Waals surface area contributed by atoms with E-state index in [1.54, 1.807) is 12.1 Å². The van der Waals surface area contributed by atoms with E-state index in [9.17, 15) is 0 Å². The molecule has 0 unspecified atom stereocenters. The van der Waals surface area contributed by atoms with Crippen LogP contribution in [0.25, 0.3) is 0 Å². The van der Waals surface area contributed by atoms with Gasteiger partial charge in [0.1, 0.15) is 23.9 Å². The van der Waals surface area contributed by atoms with Crippen molar-refractivity contribution in [3.05, 3.63) is 47.1 Å². The monoisotopic (exact) mass is 293 g/mol. The first-order valence-electron chi connectivity index (χ1n) is 6.20. The lowest BCUT2D eigenvalue weighted by atomic mass is 10.3. The predicted octanol–water partition coefficient (Wildman–Crippen LogP) is 3.00. The first-order chi connectivity index (χ1) is 9.72. The van der Waals surface area contributed by atoms with Gasteiger partial charge in [-0.2, -0.15) is 0 Å². The minimum atomic E-state index is 0.266. The maximum atomic E-state index is 6.05. The summed E-state index contributed by atoms with van der Waals surface area (Å²) >= 11 is 6.05. The molecule has 0 radical (unpaired) electrons. The highest BCUT2D eigenvalue weighted by Crippen LogP contribution is 2.21. The van der Waals surface area contributed by atoms with Gasteiger partial charge in [0.15, 0.2) is 0 Å². The number of rotatable bonds is 6. The number of hydrazine groups is 1. The molecule has 0 saturated carbocycles. The van der Waals surface area contributed by atoms with Gasteiger partial charge in [-0.05, 0) is 43.3 Å². The van der Waals surface area contributed by atoms with Crippen LogP contribution >= 0.6 is 11.6 Å². The molecule has 2 aromatic rings. The van der Waals surface area contributed by atoms with Gasteiger partial charge in [-0.25, -0.2) is 10.8 Å². The summed E-state index contributed by atoms with van der Waals surface area (Å²) < 4.78 is 11.0. The molecule has 3 N–H and O–H groups in total. The quantitative estimate of drug-likeness (QED) is 0.633. The maximum Gasteiger partial charge on any atom is 0.140 e. The van der Waals surface area contributed by atoms with E-state index in [4.69, 9.17) is 26.9 Å². The van der Waals surface area contributed by atoms with Crippen LogP contribution in [-0.2, 0) is 6.61 Å². The average Bonchev–Trinajstić information content (AvgIpc) is 2.48. The number of nitrogens with two attached hydrogens (primary N) is 1. The van der Waals surface area contributed by atoms with Crippen LogP contribution in [0.1, 0.15) is 12.6 Å². The molecule has 1 aromatic carbocycles. The molecule has 0 spiro atoms. The van der Waals surface area contributed by atoms with Crippen LogP contribution in [0, 0.1) is 0 Å². The third-order valence-electron chi connectivity index (χ3n) is 2.58. The normalized spacial score (nSPS) is 10.2. The minimum absolute atomic E-state index is 0.266. The fourth-order valence-electron chi connectivity index (χ4n) is 1.62. The maximum absolute atomic E-state index is 6.05. The van der Waals surface area contributed by atoms with Gasteiger partial charge < -0.3 is 14.9 Å². The zero-order valence-corrected chi connectivity index (χ0v) is 11.9. The molecule has 0 fully saturated rings. The van der Waals surface area contributed by atoms with Crippen LogP contribution in [-0.4, -0.2) is 11.6 Å². The molecule has 0 aliphatic carbocycles. The topological polar surface area (TPSA) is 69.4 Å². The predicted molar refractivity (Wildman–Crippen MR) is 79.0 cm³/mol. The first kappa shape index (κ1) is 14.4. The van der Waals surface area contributed by atoms with E-state index >= 15 is 0 Å². The van der Waals surface area contributed by atoms with Crippen LogP contribution in [0.5, 0.6) is 11.5 Å². The number of nitrogens with one attached hydrogen (secondary N) is 1.